The summed E-state index contributed by atoms with van der Waals surface area (Å²) in [6, 6.07) is 3.75. The molecule has 2 saturated heterocycles. The van der Waals surface area contributed by atoms with E-state index in [4.69, 9.17) is 4.74 Å². The van der Waals surface area contributed by atoms with Crippen LogP contribution in [0.25, 0.3) is 0 Å². The van der Waals surface area contributed by atoms with E-state index in [0.29, 0.717) is 24.7 Å². The molecule has 1 N–H and O–H groups in total. The summed E-state index contributed by atoms with van der Waals surface area (Å²) in [6.45, 7) is 2.92. The molecule has 2 fully saturated rings. The van der Waals surface area contributed by atoms with Gasteiger partial charge in [-0.05, 0) is 50.0 Å². The highest BCUT2D eigenvalue weighted by Crippen LogP contribution is 2.44. The lowest BCUT2D eigenvalue weighted by Crippen LogP contribution is -2.55. The molecule has 0 unspecified atom stereocenters. The molecule has 2 aliphatic rings. The van der Waals surface area contributed by atoms with Crippen LogP contribution in [0.5, 0.6) is 0 Å². The Balaban J connectivity index is 1.97. The number of benzene rings is 1. The van der Waals surface area contributed by atoms with Gasteiger partial charge in [0.2, 0.25) is 0 Å². The standard InChI is InChI=1S/C14H17F2NO/c15-11-1-2-13(16)12(7-11)14(8-18-9-14)10-3-5-17-6-4-10/h1-2,7,10,17H,3-6,8-9H2. The van der Waals surface area contributed by atoms with Gasteiger partial charge in [-0.2, -0.15) is 0 Å². The zero-order valence-corrected chi connectivity index (χ0v) is 10.2. The predicted molar refractivity (Wildman–Crippen MR) is 64.4 cm³/mol. The molecular formula is C14H17F2NO. The van der Waals surface area contributed by atoms with Crippen molar-refractivity contribution in [3.63, 3.8) is 0 Å². The van der Waals surface area contributed by atoms with Crippen LogP contribution in [0, 0.1) is 17.6 Å². The summed E-state index contributed by atoms with van der Waals surface area (Å²) in [6.07, 6.45) is 2.00. The third kappa shape index (κ3) is 1.84. The van der Waals surface area contributed by atoms with E-state index in [1.165, 1.54) is 18.2 Å². The summed E-state index contributed by atoms with van der Waals surface area (Å²) in [7, 11) is 0. The van der Waals surface area contributed by atoms with Crippen LogP contribution in [0.2, 0.25) is 0 Å². The zero-order chi connectivity index (χ0) is 12.6. The third-order valence-electron chi connectivity index (χ3n) is 4.30. The lowest BCUT2D eigenvalue weighted by molar-refractivity contribution is -0.0980. The van der Waals surface area contributed by atoms with Crippen LogP contribution in [-0.4, -0.2) is 26.3 Å². The molecule has 18 heavy (non-hydrogen) atoms. The van der Waals surface area contributed by atoms with Crippen molar-refractivity contribution in [2.45, 2.75) is 18.3 Å². The Hall–Kier alpha value is -1.00. The summed E-state index contributed by atoms with van der Waals surface area (Å²) in [5, 5.41) is 3.30. The molecule has 3 rings (SSSR count). The topological polar surface area (TPSA) is 21.3 Å². The van der Waals surface area contributed by atoms with E-state index >= 15 is 0 Å². The van der Waals surface area contributed by atoms with Gasteiger partial charge in [-0.1, -0.05) is 0 Å². The Morgan fingerprint density at radius 3 is 2.50 bits per heavy atom. The van der Waals surface area contributed by atoms with Gasteiger partial charge < -0.3 is 10.1 Å². The van der Waals surface area contributed by atoms with Crippen molar-refractivity contribution in [2.24, 2.45) is 5.92 Å². The quantitative estimate of drug-likeness (QED) is 0.872. The van der Waals surface area contributed by atoms with E-state index in [2.05, 4.69) is 5.32 Å². The molecule has 0 radical (unpaired) electrons. The highest BCUT2D eigenvalue weighted by molar-refractivity contribution is 5.31. The number of hydrogen-bond donors (Lipinski definition) is 1. The zero-order valence-electron chi connectivity index (χ0n) is 10.2. The minimum atomic E-state index is -0.369. The van der Waals surface area contributed by atoms with E-state index in [1.54, 1.807) is 0 Å². The minimum Gasteiger partial charge on any atom is -0.379 e. The van der Waals surface area contributed by atoms with Crippen molar-refractivity contribution in [1.29, 1.82) is 0 Å². The highest BCUT2D eigenvalue weighted by Gasteiger charge is 2.48. The van der Waals surface area contributed by atoms with Gasteiger partial charge in [-0.15, -0.1) is 0 Å². The van der Waals surface area contributed by atoms with Crippen LogP contribution in [0.1, 0.15) is 18.4 Å². The molecule has 2 nitrogen and oxygen atoms in total. The lowest BCUT2D eigenvalue weighted by Gasteiger charge is -2.49. The van der Waals surface area contributed by atoms with Gasteiger partial charge >= 0.3 is 0 Å². The van der Waals surface area contributed by atoms with Crippen molar-refractivity contribution < 1.29 is 13.5 Å². The number of ether oxygens (including phenoxy) is 1. The molecule has 0 aromatic heterocycles. The molecular weight excluding hydrogens is 236 g/mol. The number of rotatable bonds is 2. The van der Waals surface area contributed by atoms with E-state index in [1.807, 2.05) is 0 Å². The van der Waals surface area contributed by atoms with Crippen LogP contribution in [0.3, 0.4) is 0 Å². The average molecular weight is 253 g/mol. The minimum absolute atomic E-state index is 0.307. The fraction of sp³-hybridized carbons (Fsp3) is 0.571. The molecule has 1 aromatic rings. The summed E-state index contributed by atoms with van der Waals surface area (Å²) >= 11 is 0. The monoisotopic (exact) mass is 253 g/mol. The number of nitrogens with one attached hydrogen (secondary N) is 1. The molecule has 0 amide bonds. The van der Waals surface area contributed by atoms with Gasteiger partial charge in [0.05, 0.1) is 13.2 Å². The molecule has 0 aliphatic carbocycles. The second kappa shape index (κ2) is 4.59. The normalized spacial score (nSPS) is 23.7. The fourth-order valence-corrected chi connectivity index (χ4v) is 3.19. The first kappa shape index (κ1) is 12.1. The Kier molecular flexibility index (Phi) is 3.08. The van der Waals surface area contributed by atoms with Crippen molar-refractivity contribution in [1.82, 2.24) is 5.32 Å². The van der Waals surface area contributed by atoms with Gasteiger partial charge in [-0.3, -0.25) is 0 Å². The third-order valence-corrected chi connectivity index (χ3v) is 4.30. The van der Waals surface area contributed by atoms with E-state index in [-0.39, 0.29) is 17.0 Å². The summed E-state index contributed by atoms with van der Waals surface area (Å²) in [5.74, 6) is -0.298. The predicted octanol–water partition coefficient (Wildman–Crippen LogP) is 2.23. The maximum atomic E-state index is 14.0. The Morgan fingerprint density at radius 2 is 1.89 bits per heavy atom. The van der Waals surface area contributed by atoms with Crippen molar-refractivity contribution in [3.05, 3.63) is 35.4 Å². The van der Waals surface area contributed by atoms with Crippen LogP contribution >= 0.6 is 0 Å². The molecule has 1 aromatic carbocycles. The first-order valence-corrected chi connectivity index (χ1v) is 6.46. The molecule has 0 spiro atoms. The lowest BCUT2D eigenvalue weighted by atomic mass is 9.65. The summed E-state index contributed by atoms with van der Waals surface area (Å²) < 4.78 is 32.7. The number of halogens is 2. The van der Waals surface area contributed by atoms with Crippen molar-refractivity contribution in [3.8, 4) is 0 Å². The summed E-state index contributed by atoms with van der Waals surface area (Å²) in [4.78, 5) is 0. The maximum Gasteiger partial charge on any atom is 0.127 e. The maximum absolute atomic E-state index is 14.0. The SMILES string of the molecule is Fc1ccc(F)c(C2(C3CCNCC3)COC2)c1. The second-order valence-corrected chi connectivity index (χ2v) is 5.30. The molecule has 2 aliphatic heterocycles. The molecule has 4 heteroatoms. The smallest absolute Gasteiger partial charge is 0.127 e. The van der Waals surface area contributed by atoms with Gasteiger partial charge in [0, 0.05) is 11.0 Å². The van der Waals surface area contributed by atoms with E-state index < -0.39 is 0 Å². The first-order chi connectivity index (χ1) is 8.72. The Bertz CT molecular complexity index is 439. The highest BCUT2D eigenvalue weighted by atomic mass is 19.1. The largest absolute Gasteiger partial charge is 0.379 e. The number of hydrogen-bond acceptors (Lipinski definition) is 2. The van der Waals surface area contributed by atoms with Gasteiger partial charge in [-0.25, -0.2) is 8.78 Å². The van der Waals surface area contributed by atoms with E-state index in [9.17, 15) is 8.78 Å². The molecule has 0 saturated carbocycles. The fourth-order valence-electron chi connectivity index (χ4n) is 3.19. The second-order valence-electron chi connectivity index (χ2n) is 5.30. The van der Waals surface area contributed by atoms with Crippen LogP contribution in [0.15, 0.2) is 18.2 Å². The molecule has 0 atom stereocenters. The van der Waals surface area contributed by atoms with Gasteiger partial charge in [0.25, 0.3) is 0 Å². The Morgan fingerprint density at radius 1 is 1.17 bits per heavy atom. The molecule has 98 valence electrons. The van der Waals surface area contributed by atoms with Crippen LogP contribution in [0.4, 0.5) is 8.78 Å². The van der Waals surface area contributed by atoms with E-state index in [0.717, 1.165) is 25.9 Å². The van der Waals surface area contributed by atoms with Crippen molar-refractivity contribution in [2.75, 3.05) is 26.3 Å². The van der Waals surface area contributed by atoms with Gasteiger partial charge in [0.15, 0.2) is 0 Å². The Labute approximate surface area is 105 Å². The molecule has 2 heterocycles. The average Bonchev–Trinajstić information content (AvgIpc) is 2.34. The summed E-state index contributed by atoms with van der Waals surface area (Å²) in [5.41, 5.74) is 0.189. The molecule has 0 bridgehead atoms. The van der Waals surface area contributed by atoms with Gasteiger partial charge in [0.1, 0.15) is 11.6 Å². The first-order valence-electron chi connectivity index (χ1n) is 6.46. The van der Waals surface area contributed by atoms with Crippen LogP contribution in [-0.2, 0) is 10.2 Å². The van der Waals surface area contributed by atoms with Crippen molar-refractivity contribution >= 4 is 0 Å². The van der Waals surface area contributed by atoms with Crippen LogP contribution < -0.4 is 5.32 Å². The number of piperidine rings is 1.